The number of ether oxygens (including phenoxy) is 1. The number of halogens is 1. The summed E-state index contributed by atoms with van der Waals surface area (Å²) in [7, 11) is 1.31. The Bertz CT molecular complexity index is 313. The van der Waals surface area contributed by atoms with E-state index in [-0.39, 0.29) is 0 Å². The molecule has 0 spiro atoms. The molecule has 0 aromatic heterocycles. The fourth-order valence-corrected chi connectivity index (χ4v) is 0.903. The molecule has 1 aromatic rings. The van der Waals surface area contributed by atoms with Gasteiger partial charge in [-0.25, -0.2) is 0 Å². The molecule has 0 bridgehead atoms. The second-order valence-corrected chi connectivity index (χ2v) is 2.75. The maximum absolute atomic E-state index is 8.95. The van der Waals surface area contributed by atoms with Gasteiger partial charge in [0.25, 0.3) is 6.47 Å². The number of nitrogens with two attached hydrogens (primary N) is 1. The largest absolute Gasteiger partial charge is 0.471 e. The molecule has 2 N–H and O–H groups in total. The zero-order chi connectivity index (χ0) is 11.0. The van der Waals surface area contributed by atoms with Crippen LogP contribution in [0, 0.1) is 0 Å². The van der Waals surface area contributed by atoms with Crippen LogP contribution in [0.4, 0.5) is 5.69 Å². The first-order valence-electron chi connectivity index (χ1n) is 3.79. The van der Waals surface area contributed by atoms with Crippen molar-refractivity contribution in [3.8, 4) is 0 Å². The molecule has 0 heterocycles. The van der Waals surface area contributed by atoms with Crippen molar-refractivity contribution in [3.63, 3.8) is 0 Å². The average molecular weight is 214 g/mol. The molecule has 0 radical (unpaired) electrons. The van der Waals surface area contributed by atoms with E-state index in [1.165, 1.54) is 7.11 Å². The van der Waals surface area contributed by atoms with E-state index >= 15 is 0 Å². The summed E-state index contributed by atoms with van der Waals surface area (Å²) in [6, 6.07) is 5.30. The first-order chi connectivity index (χ1) is 6.65. The molecule has 0 amide bonds. The molecule has 0 atom stereocenters. The van der Waals surface area contributed by atoms with Gasteiger partial charge in [-0.05, 0) is 23.8 Å². The van der Waals surface area contributed by atoms with Crippen molar-refractivity contribution in [1.29, 1.82) is 0 Å². The first-order valence-corrected chi connectivity index (χ1v) is 4.17. The van der Waals surface area contributed by atoms with E-state index in [1.54, 1.807) is 24.3 Å². The minimum absolute atomic E-state index is 0.375. The standard InChI is InChI=1S/C8H8ClN.C2H4O2/c1-2-6-5-7(9)3-4-8(6)10;1-4-2-3/h2-5H,1,10H2;2H,1H3. The summed E-state index contributed by atoms with van der Waals surface area (Å²) >= 11 is 5.69. The number of nitrogen functional groups attached to an aromatic ring is 1. The number of carbonyl (C=O) groups is 1. The molecule has 4 heteroatoms. The molecular weight excluding hydrogens is 202 g/mol. The SMILES string of the molecule is C=Cc1cc(Cl)ccc1N.COC=O. The van der Waals surface area contributed by atoms with Gasteiger partial charge in [-0.3, -0.25) is 4.79 Å². The fraction of sp³-hybridized carbons (Fsp3) is 0.100. The van der Waals surface area contributed by atoms with Crippen molar-refractivity contribution in [1.82, 2.24) is 0 Å². The highest BCUT2D eigenvalue weighted by molar-refractivity contribution is 6.30. The van der Waals surface area contributed by atoms with E-state index < -0.39 is 0 Å². The quantitative estimate of drug-likeness (QED) is 0.606. The van der Waals surface area contributed by atoms with Gasteiger partial charge in [-0.15, -0.1) is 0 Å². The van der Waals surface area contributed by atoms with Crippen LogP contribution in [0.2, 0.25) is 5.02 Å². The van der Waals surface area contributed by atoms with Gasteiger partial charge in [0, 0.05) is 10.7 Å². The molecule has 1 aromatic carbocycles. The van der Waals surface area contributed by atoms with Gasteiger partial charge in [0.2, 0.25) is 0 Å². The molecule has 0 aliphatic carbocycles. The zero-order valence-corrected chi connectivity index (χ0v) is 8.62. The van der Waals surface area contributed by atoms with Gasteiger partial charge in [0.1, 0.15) is 0 Å². The lowest BCUT2D eigenvalue weighted by atomic mass is 10.2. The van der Waals surface area contributed by atoms with Crippen molar-refractivity contribution >= 4 is 29.8 Å². The number of anilines is 1. The van der Waals surface area contributed by atoms with Gasteiger partial charge in [0.15, 0.2) is 0 Å². The molecule has 0 aliphatic rings. The van der Waals surface area contributed by atoms with Crippen molar-refractivity contribution in [2.75, 3.05) is 12.8 Å². The number of carbonyl (C=O) groups excluding carboxylic acids is 1. The van der Waals surface area contributed by atoms with Crippen LogP contribution in [-0.2, 0) is 9.53 Å². The summed E-state index contributed by atoms with van der Waals surface area (Å²) in [6.07, 6.45) is 1.68. The Balaban J connectivity index is 0.000000364. The normalized spacial score (nSPS) is 8.14. The van der Waals surface area contributed by atoms with Gasteiger partial charge >= 0.3 is 0 Å². The maximum atomic E-state index is 8.95. The monoisotopic (exact) mass is 213 g/mol. The molecule has 14 heavy (non-hydrogen) atoms. The molecular formula is C10H12ClNO2. The summed E-state index contributed by atoms with van der Waals surface area (Å²) in [5.41, 5.74) is 7.16. The fourth-order valence-electron chi connectivity index (χ4n) is 0.722. The van der Waals surface area contributed by atoms with E-state index in [0.29, 0.717) is 17.2 Å². The van der Waals surface area contributed by atoms with Crippen molar-refractivity contribution in [2.24, 2.45) is 0 Å². The van der Waals surface area contributed by atoms with Crippen LogP contribution in [0.15, 0.2) is 24.8 Å². The molecule has 76 valence electrons. The molecule has 0 aliphatic heterocycles. The Kier molecular flexibility index (Phi) is 6.24. The number of hydrogen-bond donors (Lipinski definition) is 1. The van der Waals surface area contributed by atoms with E-state index in [1.807, 2.05) is 0 Å². The highest BCUT2D eigenvalue weighted by Gasteiger charge is 1.93. The Hall–Kier alpha value is -1.48. The number of benzene rings is 1. The zero-order valence-electron chi connectivity index (χ0n) is 7.87. The third-order valence-corrected chi connectivity index (χ3v) is 1.60. The van der Waals surface area contributed by atoms with Crippen molar-refractivity contribution in [3.05, 3.63) is 35.4 Å². The van der Waals surface area contributed by atoms with Crippen molar-refractivity contribution in [2.45, 2.75) is 0 Å². The lowest BCUT2D eigenvalue weighted by Crippen LogP contribution is -1.87. The van der Waals surface area contributed by atoms with E-state index in [0.717, 1.165) is 5.56 Å². The van der Waals surface area contributed by atoms with E-state index in [4.69, 9.17) is 22.1 Å². The van der Waals surface area contributed by atoms with Crippen LogP contribution in [0.25, 0.3) is 6.08 Å². The van der Waals surface area contributed by atoms with Crippen molar-refractivity contribution < 1.29 is 9.53 Å². The van der Waals surface area contributed by atoms with Crippen LogP contribution in [0.1, 0.15) is 5.56 Å². The smallest absolute Gasteiger partial charge is 0.292 e. The Morgan fingerprint density at radius 3 is 2.50 bits per heavy atom. The number of rotatable bonds is 2. The van der Waals surface area contributed by atoms with Crippen LogP contribution < -0.4 is 5.73 Å². The highest BCUT2D eigenvalue weighted by atomic mass is 35.5. The van der Waals surface area contributed by atoms with Crippen LogP contribution >= 0.6 is 11.6 Å². The van der Waals surface area contributed by atoms with Gasteiger partial charge in [-0.2, -0.15) is 0 Å². The third-order valence-electron chi connectivity index (χ3n) is 1.36. The topological polar surface area (TPSA) is 52.3 Å². The molecule has 3 nitrogen and oxygen atoms in total. The minimum atomic E-state index is 0.375. The molecule has 0 saturated carbocycles. The number of methoxy groups -OCH3 is 1. The summed E-state index contributed by atoms with van der Waals surface area (Å²) in [5.74, 6) is 0. The molecule has 0 fully saturated rings. The Morgan fingerprint density at radius 1 is 1.57 bits per heavy atom. The predicted octanol–water partition coefficient (Wildman–Crippen LogP) is 2.35. The van der Waals surface area contributed by atoms with Crippen LogP contribution in [0.3, 0.4) is 0 Å². The minimum Gasteiger partial charge on any atom is -0.471 e. The summed E-state index contributed by atoms with van der Waals surface area (Å²) in [5, 5.41) is 0.684. The molecule has 1 rings (SSSR count). The Morgan fingerprint density at radius 2 is 2.14 bits per heavy atom. The second kappa shape index (κ2) is 6.97. The molecule has 0 saturated heterocycles. The summed E-state index contributed by atoms with van der Waals surface area (Å²) in [6.45, 7) is 3.97. The lowest BCUT2D eigenvalue weighted by Gasteiger charge is -1.98. The third kappa shape index (κ3) is 4.52. The van der Waals surface area contributed by atoms with Gasteiger partial charge in [-0.1, -0.05) is 24.3 Å². The Labute approximate surface area is 88.1 Å². The second-order valence-electron chi connectivity index (χ2n) is 2.31. The van der Waals surface area contributed by atoms with Gasteiger partial charge < -0.3 is 10.5 Å². The van der Waals surface area contributed by atoms with Crippen LogP contribution in [0.5, 0.6) is 0 Å². The lowest BCUT2D eigenvalue weighted by molar-refractivity contribution is -0.126. The molecule has 0 unspecified atom stereocenters. The van der Waals surface area contributed by atoms with Crippen LogP contribution in [-0.4, -0.2) is 13.6 Å². The average Bonchev–Trinajstić information content (AvgIpc) is 2.22. The van der Waals surface area contributed by atoms with E-state index in [2.05, 4.69) is 11.3 Å². The predicted molar refractivity (Wildman–Crippen MR) is 59.0 cm³/mol. The maximum Gasteiger partial charge on any atom is 0.292 e. The number of hydrogen-bond acceptors (Lipinski definition) is 3. The first kappa shape index (κ1) is 12.5. The summed E-state index contributed by atoms with van der Waals surface area (Å²) < 4.78 is 3.86. The van der Waals surface area contributed by atoms with E-state index in [9.17, 15) is 0 Å². The van der Waals surface area contributed by atoms with Gasteiger partial charge in [0.05, 0.1) is 7.11 Å². The highest BCUT2D eigenvalue weighted by Crippen LogP contribution is 2.18. The summed E-state index contributed by atoms with van der Waals surface area (Å²) in [4.78, 5) is 8.95.